The van der Waals surface area contributed by atoms with Crippen LogP contribution in [0.25, 0.3) is 11.1 Å². The van der Waals surface area contributed by atoms with Gasteiger partial charge in [0.15, 0.2) is 0 Å². The second-order valence-corrected chi connectivity index (χ2v) is 8.58. The predicted octanol–water partition coefficient (Wildman–Crippen LogP) is 4.94. The van der Waals surface area contributed by atoms with Crippen molar-refractivity contribution in [3.05, 3.63) is 90.0 Å². The molecule has 1 aliphatic rings. The van der Waals surface area contributed by atoms with E-state index in [1.54, 1.807) is 12.1 Å². The van der Waals surface area contributed by atoms with Gasteiger partial charge in [-0.05, 0) is 37.0 Å². The van der Waals surface area contributed by atoms with E-state index in [1.165, 1.54) is 11.1 Å². The first-order chi connectivity index (χ1) is 17.0. The van der Waals surface area contributed by atoms with Crippen molar-refractivity contribution in [2.45, 2.75) is 32.4 Å². The summed E-state index contributed by atoms with van der Waals surface area (Å²) in [7, 11) is 0. The van der Waals surface area contributed by atoms with Gasteiger partial charge >= 0.3 is 18.0 Å². The Morgan fingerprint density at radius 1 is 0.886 bits per heavy atom. The smallest absolute Gasteiger partial charge is 0.426 e. The van der Waals surface area contributed by atoms with Crippen LogP contribution in [0.2, 0.25) is 0 Å². The Labute approximate surface area is 204 Å². The van der Waals surface area contributed by atoms with Crippen molar-refractivity contribution in [2.75, 3.05) is 18.4 Å². The number of carbonyl (C=O) groups is 3. The molecular formula is C28H28N2O5. The number of amides is 1. The average molecular weight is 473 g/mol. The molecule has 1 heterocycles. The van der Waals surface area contributed by atoms with Gasteiger partial charge in [-0.25, -0.2) is 14.4 Å². The largest absolute Gasteiger partial charge is 0.454 e. The van der Waals surface area contributed by atoms with E-state index in [0.29, 0.717) is 18.5 Å². The molecule has 1 fully saturated rings. The number of para-hydroxylation sites is 1. The highest BCUT2D eigenvalue weighted by atomic mass is 16.6. The van der Waals surface area contributed by atoms with Gasteiger partial charge in [0.25, 0.3) is 0 Å². The van der Waals surface area contributed by atoms with Crippen LogP contribution in [-0.4, -0.2) is 42.1 Å². The van der Waals surface area contributed by atoms with E-state index in [1.807, 2.05) is 48.5 Å². The molecule has 3 aromatic carbocycles. The summed E-state index contributed by atoms with van der Waals surface area (Å²) < 4.78 is 9.98. The van der Waals surface area contributed by atoms with Crippen LogP contribution in [-0.2, 0) is 25.6 Å². The van der Waals surface area contributed by atoms with Crippen molar-refractivity contribution >= 4 is 23.7 Å². The van der Waals surface area contributed by atoms with Crippen molar-refractivity contribution in [3.63, 3.8) is 0 Å². The number of carbonyl (C=O) groups excluding carboxylic acids is 3. The molecule has 0 atom stereocenters. The Bertz CT molecular complexity index is 1190. The van der Waals surface area contributed by atoms with E-state index in [-0.39, 0.29) is 6.10 Å². The number of piperidine rings is 1. The summed E-state index contributed by atoms with van der Waals surface area (Å²) in [5.74, 6) is -2.49. The van der Waals surface area contributed by atoms with Crippen LogP contribution in [0, 0.1) is 6.92 Å². The van der Waals surface area contributed by atoms with Crippen LogP contribution in [0.4, 0.5) is 10.5 Å². The molecule has 7 heteroatoms. The molecule has 3 aromatic rings. The molecule has 1 amide bonds. The van der Waals surface area contributed by atoms with Gasteiger partial charge in [-0.2, -0.15) is 0 Å². The van der Waals surface area contributed by atoms with Crippen molar-refractivity contribution in [2.24, 2.45) is 0 Å². The highest BCUT2D eigenvalue weighted by molar-refractivity contribution is 6.31. The average Bonchev–Trinajstić information content (AvgIpc) is 2.86. The zero-order valence-corrected chi connectivity index (χ0v) is 19.6. The fraction of sp³-hybridized carbons (Fsp3) is 0.250. The van der Waals surface area contributed by atoms with E-state index in [0.717, 1.165) is 30.8 Å². The van der Waals surface area contributed by atoms with Crippen LogP contribution in [0.5, 0.6) is 0 Å². The number of esters is 2. The topological polar surface area (TPSA) is 84.9 Å². The zero-order chi connectivity index (χ0) is 24.6. The Kier molecular flexibility index (Phi) is 7.90. The first-order valence-electron chi connectivity index (χ1n) is 11.6. The number of likely N-dealkylation sites (tertiary alicyclic amines) is 1. The maximum Gasteiger partial charge on any atom is 0.426 e. The first kappa shape index (κ1) is 24.2. The first-order valence-corrected chi connectivity index (χ1v) is 11.6. The Morgan fingerprint density at radius 2 is 1.60 bits per heavy atom. The van der Waals surface area contributed by atoms with Crippen molar-refractivity contribution in [1.82, 2.24) is 4.90 Å². The maximum atomic E-state index is 12.3. The van der Waals surface area contributed by atoms with Crippen LogP contribution in [0.15, 0.2) is 78.9 Å². The number of aryl methyl sites for hydroxylation is 1. The van der Waals surface area contributed by atoms with Gasteiger partial charge in [-0.3, -0.25) is 10.2 Å². The van der Waals surface area contributed by atoms with Crippen molar-refractivity contribution in [1.29, 1.82) is 0 Å². The molecule has 35 heavy (non-hydrogen) atoms. The number of benzene rings is 3. The van der Waals surface area contributed by atoms with E-state index < -0.39 is 18.0 Å². The monoisotopic (exact) mass is 472 g/mol. The lowest BCUT2D eigenvalue weighted by Crippen LogP contribution is -2.39. The zero-order valence-electron chi connectivity index (χ0n) is 19.6. The third-order valence-corrected chi connectivity index (χ3v) is 5.90. The number of anilines is 1. The van der Waals surface area contributed by atoms with Gasteiger partial charge in [-0.15, -0.1) is 0 Å². The molecule has 0 aromatic heterocycles. The van der Waals surface area contributed by atoms with E-state index >= 15 is 0 Å². The van der Waals surface area contributed by atoms with Crippen molar-refractivity contribution < 1.29 is 23.9 Å². The second kappa shape index (κ2) is 11.4. The van der Waals surface area contributed by atoms with E-state index in [9.17, 15) is 14.4 Å². The third kappa shape index (κ3) is 6.77. The van der Waals surface area contributed by atoms with Crippen molar-refractivity contribution in [3.8, 4) is 11.1 Å². The number of hydrogen-bond acceptors (Lipinski definition) is 6. The number of nitrogens with one attached hydrogen (secondary N) is 1. The highest BCUT2D eigenvalue weighted by Gasteiger charge is 2.28. The van der Waals surface area contributed by atoms with E-state index in [4.69, 9.17) is 4.74 Å². The minimum atomic E-state index is -1.33. The number of nitrogens with zero attached hydrogens (tertiary/aromatic N) is 1. The fourth-order valence-corrected chi connectivity index (χ4v) is 4.18. The normalized spacial score (nSPS) is 14.2. The summed E-state index contributed by atoms with van der Waals surface area (Å²) in [5.41, 5.74) is 4.58. The van der Waals surface area contributed by atoms with Gasteiger partial charge in [-0.1, -0.05) is 78.4 Å². The molecule has 1 N–H and O–H groups in total. The lowest BCUT2D eigenvalue weighted by atomic mass is 10.0. The molecule has 1 saturated heterocycles. The van der Waals surface area contributed by atoms with Gasteiger partial charge in [0, 0.05) is 25.2 Å². The third-order valence-electron chi connectivity index (χ3n) is 5.90. The van der Waals surface area contributed by atoms with Gasteiger partial charge in [0.1, 0.15) is 6.10 Å². The summed E-state index contributed by atoms with van der Waals surface area (Å²) in [5, 5.41) is 2.53. The van der Waals surface area contributed by atoms with Gasteiger partial charge in [0.05, 0.1) is 5.69 Å². The molecule has 4 rings (SSSR count). The Hall–Kier alpha value is -3.97. The molecule has 7 nitrogen and oxygen atoms in total. The molecule has 0 bridgehead atoms. The van der Waals surface area contributed by atoms with Gasteiger partial charge in [0.2, 0.25) is 0 Å². The molecule has 180 valence electrons. The van der Waals surface area contributed by atoms with E-state index in [2.05, 4.69) is 40.1 Å². The summed E-state index contributed by atoms with van der Waals surface area (Å²) in [6, 6.07) is 25.0. The fourth-order valence-electron chi connectivity index (χ4n) is 4.18. The molecule has 0 saturated carbocycles. The molecule has 0 unspecified atom stereocenters. The van der Waals surface area contributed by atoms with Crippen LogP contribution >= 0.6 is 0 Å². The summed E-state index contributed by atoms with van der Waals surface area (Å²) in [6.07, 6.45) is -0.197. The minimum absolute atomic E-state index is 0.384. The standard InChI is InChI=1S/C28H28N2O5/c1-20-8-7-9-21(18-20)19-30-16-14-23(15-17-30)34-26(31)27(32)35-28(33)29-25-13-6-5-12-24(25)22-10-3-2-4-11-22/h2-13,18,23H,14-17,19H2,1H3,(H,29,33). The Morgan fingerprint density at radius 3 is 2.34 bits per heavy atom. The molecule has 0 aliphatic carbocycles. The highest BCUT2D eigenvalue weighted by Crippen LogP contribution is 2.27. The predicted molar refractivity (Wildman–Crippen MR) is 133 cm³/mol. The summed E-state index contributed by atoms with van der Waals surface area (Å²) >= 11 is 0. The summed E-state index contributed by atoms with van der Waals surface area (Å²) in [4.78, 5) is 38.9. The SMILES string of the molecule is Cc1cccc(CN2CCC(OC(=O)C(=O)OC(=O)Nc3ccccc3-c3ccccc3)CC2)c1. The lowest BCUT2D eigenvalue weighted by Gasteiger charge is -2.31. The molecule has 0 spiro atoms. The van der Waals surface area contributed by atoms with Crippen LogP contribution < -0.4 is 5.32 Å². The molecule has 1 aliphatic heterocycles. The van der Waals surface area contributed by atoms with Crippen LogP contribution in [0.1, 0.15) is 24.0 Å². The molecular weight excluding hydrogens is 444 g/mol. The minimum Gasteiger partial charge on any atom is -0.454 e. The Balaban J connectivity index is 1.24. The lowest BCUT2D eigenvalue weighted by molar-refractivity contribution is -0.168. The summed E-state index contributed by atoms with van der Waals surface area (Å²) in [6.45, 7) is 4.39. The number of rotatable bonds is 5. The number of ether oxygens (including phenoxy) is 2. The van der Waals surface area contributed by atoms with Gasteiger partial charge < -0.3 is 9.47 Å². The molecule has 0 radical (unpaired) electrons. The number of hydrogen-bond donors (Lipinski definition) is 1. The second-order valence-electron chi connectivity index (χ2n) is 8.58. The maximum absolute atomic E-state index is 12.3. The van der Waals surface area contributed by atoms with Crippen LogP contribution in [0.3, 0.4) is 0 Å². The quantitative estimate of drug-likeness (QED) is 0.322.